The lowest BCUT2D eigenvalue weighted by atomic mass is 9.98. The van der Waals surface area contributed by atoms with E-state index in [0.717, 1.165) is 31.5 Å². The van der Waals surface area contributed by atoms with E-state index in [1.54, 1.807) is 16.4 Å². The third kappa shape index (κ3) is 3.97. The Kier molecular flexibility index (Phi) is 5.66. The van der Waals surface area contributed by atoms with Gasteiger partial charge in [0.25, 0.3) is 0 Å². The van der Waals surface area contributed by atoms with Crippen molar-refractivity contribution in [2.45, 2.75) is 31.6 Å². The Morgan fingerprint density at radius 3 is 2.62 bits per heavy atom. The molecule has 2 rings (SSSR count). The van der Waals surface area contributed by atoms with Gasteiger partial charge >= 0.3 is 0 Å². The molecule has 21 heavy (non-hydrogen) atoms. The fourth-order valence-corrected chi connectivity index (χ4v) is 4.68. The van der Waals surface area contributed by atoms with Gasteiger partial charge in [0.05, 0.1) is 5.02 Å². The van der Waals surface area contributed by atoms with Crippen LogP contribution in [0.1, 0.15) is 25.3 Å². The Morgan fingerprint density at radius 2 is 2.00 bits per heavy atom. The zero-order valence-electron chi connectivity index (χ0n) is 12.6. The predicted octanol–water partition coefficient (Wildman–Crippen LogP) is 2.66. The molecule has 0 unspecified atom stereocenters. The van der Waals surface area contributed by atoms with Crippen molar-refractivity contribution in [1.82, 2.24) is 9.62 Å². The Hall–Kier alpha value is -0.620. The third-order valence-electron chi connectivity index (χ3n) is 3.96. The first-order valence-corrected chi connectivity index (χ1v) is 9.24. The highest BCUT2D eigenvalue weighted by molar-refractivity contribution is 7.89. The van der Waals surface area contributed by atoms with Crippen LogP contribution in [-0.2, 0) is 10.0 Å². The molecule has 1 heterocycles. The molecular weight excluding hydrogens is 308 g/mol. The fraction of sp³-hybridized carbons (Fsp3) is 0.600. The molecule has 0 aliphatic carbocycles. The van der Waals surface area contributed by atoms with Crippen LogP contribution in [0.5, 0.6) is 0 Å². The number of sulfonamides is 1. The molecule has 0 bridgehead atoms. The van der Waals surface area contributed by atoms with Gasteiger partial charge in [-0.15, -0.1) is 0 Å². The topological polar surface area (TPSA) is 49.4 Å². The van der Waals surface area contributed by atoms with Crippen LogP contribution < -0.4 is 5.32 Å². The number of benzene rings is 1. The Morgan fingerprint density at radius 1 is 1.33 bits per heavy atom. The number of hydrogen-bond acceptors (Lipinski definition) is 3. The van der Waals surface area contributed by atoms with Crippen LogP contribution in [0.3, 0.4) is 0 Å². The summed E-state index contributed by atoms with van der Waals surface area (Å²) >= 11 is 6.08. The summed E-state index contributed by atoms with van der Waals surface area (Å²) in [5, 5.41) is 3.63. The number of hydrogen-bond donors (Lipinski definition) is 1. The van der Waals surface area contributed by atoms with Gasteiger partial charge in [-0.1, -0.05) is 24.6 Å². The van der Waals surface area contributed by atoms with Gasteiger partial charge in [0.15, 0.2) is 0 Å². The SMILES string of the molecule is CCNCC1CCN(S(=O)(=O)c2cc(C)ccc2Cl)CC1. The largest absolute Gasteiger partial charge is 0.317 e. The lowest BCUT2D eigenvalue weighted by molar-refractivity contribution is 0.268. The Bertz CT molecular complexity index is 581. The highest BCUT2D eigenvalue weighted by Crippen LogP contribution is 2.28. The minimum Gasteiger partial charge on any atom is -0.317 e. The van der Waals surface area contributed by atoms with Crippen LogP contribution in [0.4, 0.5) is 0 Å². The lowest BCUT2D eigenvalue weighted by Crippen LogP contribution is -2.40. The van der Waals surface area contributed by atoms with Gasteiger partial charge in [-0.25, -0.2) is 8.42 Å². The highest BCUT2D eigenvalue weighted by atomic mass is 35.5. The van der Waals surface area contributed by atoms with Crippen LogP contribution in [0.2, 0.25) is 5.02 Å². The molecule has 118 valence electrons. The average molecular weight is 331 g/mol. The summed E-state index contributed by atoms with van der Waals surface area (Å²) in [6.45, 7) is 7.02. The second kappa shape index (κ2) is 7.09. The molecule has 4 nitrogen and oxygen atoms in total. The van der Waals surface area contributed by atoms with Crippen LogP contribution in [-0.4, -0.2) is 38.9 Å². The van der Waals surface area contributed by atoms with Crippen molar-refractivity contribution in [3.63, 3.8) is 0 Å². The van der Waals surface area contributed by atoms with E-state index in [1.807, 2.05) is 13.0 Å². The van der Waals surface area contributed by atoms with Crippen molar-refractivity contribution in [3.8, 4) is 0 Å². The molecule has 0 aromatic heterocycles. The summed E-state index contributed by atoms with van der Waals surface area (Å²) in [5.74, 6) is 0.560. The van der Waals surface area contributed by atoms with Crippen LogP contribution in [0.15, 0.2) is 23.1 Å². The van der Waals surface area contributed by atoms with Gasteiger partial charge in [0, 0.05) is 13.1 Å². The summed E-state index contributed by atoms with van der Waals surface area (Å²) in [5.41, 5.74) is 0.903. The molecule has 1 fully saturated rings. The van der Waals surface area contributed by atoms with Gasteiger partial charge in [0.2, 0.25) is 10.0 Å². The van der Waals surface area contributed by atoms with Gasteiger partial charge in [0.1, 0.15) is 4.90 Å². The molecule has 0 radical (unpaired) electrons. The van der Waals surface area contributed by atoms with Crippen molar-refractivity contribution in [2.24, 2.45) is 5.92 Å². The summed E-state index contributed by atoms with van der Waals surface area (Å²) in [6, 6.07) is 5.13. The standard InChI is InChI=1S/C15H23ClN2O2S/c1-3-17-11-13-6-8-18(9-7-13)21(19,20)15-10-12(2)4-5-14(15)16/h4-5,10,13,17H,3,6-9,11H2,1-2H3. The number of nitrogens with zero attached hydrogens (tertiary/aromatic N) is 1. The second-order valence-corrected chi connectivity index (χ2v) is 7.90. The van der Waals surface area contributed by atoms with E-state index in [4.69, 9.17) is 11.6 Å². The minimum absolute atomic E-state index is 0.231. The quantitative estimate of drug-likeness (QED) is 0.903. The number of nitrogens with one attached hydrogen (secondary N) is 1. The van der Waals surface area contributed by atoms with Gasteiger partial charge in [-0.05, 0) is 56.5 Å². The van der Waals surface area contributed by atoms with E-state index in [-0.39, 0.29) is 4.90 Å². The van der Waals surface area contributed by atoms with E-state index >= 15 is 0 Å². The molecule has 6 heteroatoms. The smallest absolute Gasteiger partial charge is 0.244 e. The van der Waals surface area contributed by atoms with Crippen LogP contribution in [0, 0.1) is 12.8 Å². The van der Waals surface area contributed by atoms with Gasteiger partial charge in [-0.3, -0.25) is 0 Å². The number of piperidine rings is 1. The monoisotopic (exact) mass is 330 g/mol. The summed E-state index contributed by atoms with van der Waals surface area (Å²) in [4.78, 5) is 0.231. The minimum atomic E-state index is -3.48. The zero-order valence-corrected chi connectivity index (χ0v) is 14.2. The number of rotatable bonds is 5. The molecule has 0 saturated carbocycles. The molecule has 0 amide bonds. The van der Waals surface area contributed by atoms with Gasteiger partial charge in [-0.2, -0.15) is 4.31 Å². The normalized spacial score (nSPS) is 18.0. The molecule has 1 aliphatic heterocycles. The maximum Gasteiger partial charge on any atom is 0.244 e. The van der Waals surface area contributed by atoms with Crippen LogP contribution in [0.25, 0.3) is 0 Å². The van der Waals surface area contributed by atoms with Crippen molar-refractivity contribution in [1.29, 1.82) is 0 Å². The molecule has 1 N–H and O–H groups in total. The first-order valence-electron chi connectivity index (χ1n) is 7.42. The molecule has 0 spiro atoms. The van der Waals surface area contributed by atoms with E-state index in [2.05, 4.69) is 12.2 Å². The first kappa shape index (κ1) is 16.7. The molecule has 1 aliphatic rings. The Balaban J connectivity index is 2.10. The molecule has 0 atom stereocenters. The average Bonchev–Trinajstić information content (AvgIpc) is 2.48. The van der Waals surface area contributed by atoms with E-state index in [1.165, 1.54) is 0 Å². The Labute approximate surface area is 132 Å². The summed E-state index contributed by atoms with van der Waals surface area (Å²) in [6.07, 6.45) is 1.80. The van der Waals surface area contributed by atoms with E-state index in [9.17, 15) is 8.42 Å². The van der Waals surface area contributed by atoms with Crippen molar-refractivity contribution >= 4 is 21.6 Å². The van der Waals surface area contributed by atoms with Crippen molar-refractivity contribution in [2.75, 3.05) is 26.2 Å². The zero-order chi connectivity index (χ0) is 15.5. The van der Waals surface area contributed by atoms with Crippen molar-refractivity contribution < 1.29 is 8.42 Å². The molecule has 1 aromatic rings. The molecule has 1 saturated heterocycles. The van der Waals surface area contributed by atoms with Crippen molar-refractivity contribution in [3.05, 3.63) is 28.8 Å². The second-order valence-electron chi connectivity index (χ2n) is 5.59. The highest BCUT2D eigenvalue weighted by Gasteiger charge is 2.30. The van der Waals surface area contributed by atoms with E-state index < -0.39 is 10.0 Å². The van der Waals surface area contributed by atoms with E-state index in [0.29, 0.717) is 24.0 Å². The summed E-state index contributed by atoms with van der Waals surface area (Å²) < 4.78 is 27.0. The first-order chi connectivity index (χ1) is 9.95. The predicted molar refractivity (Wildman–Crippen MR) is 86.2 cm³/mol. The molecular formula is C15H23ClN2O2S. The third-order valence-corrected chi connectivity index (χ3v) is 6.34. The van der Waals surface area contributed by atoms with Crippen LogP contribution >= 0.6 is 11.6 Å². The number of halogens is 1. The summed E-state index contributed by atoms with van der Waals surface area (Å²) in [7, 11) is -3.48. The maximum atomic E-state index is 12.7. The van der Waals surface area contributed by atoms with Gasteiger partial charge < -0.3 is 5.32 Å². The fourth-order valence-electron chi connectivity index (χ4n) is 2.65. The number of aryl methyl sites for hydroxylation is 1. The lowest BCUT2D eigenvalue weighted by Gasteiger charge is -2.31. The maximum absolute atomic E-state index is 12.7. The molecule has 1 aromatic carbocycles.